The number of rotatable bonds is 2. The van der Waals surface area contributed by atoms with Crippen LogP contribution in [0.25, 0.3) is 0 Å². The van der Waals surface area contributed by atoms with Crippen molar-refractivity contribution in [3.8, 4) is 0 Å². The highest BCUT2D eigenvalue weighted by molar-refractivity contribution is 5.99. The molecule has 2 N–H and O–H groups in total. The summed E-state index contributed by atoms with van der Waals surface area (Å²) in [6, 6.07) is 10.3. The monoisotopic (exact) mass is 253 g/mol. The second-order valence-electron chi connectivity index (χ2n) is 5.06. The molecule has 2 unspecified atom stereocenters. The molecule has 1 aliphatic carbocycles. The SMILES string of the molecule is CC1=CCC(C2NCN=C(c3ccccc3)N2)C=C1. The summed E-state index contributed by atoms with van der Waals surface area (Å²) < 4.78 is 0. The number of nitrogens with zero attached hydrogens (tertiary/aromatic N) is 1. The normalized spacial score (nSPS) is 26.4. The van der Waals surface area contributed by atoms with Crippen LogP contribution < -0.4 is 10.6 Å². The molecular weight excluding hydrogens is 234 g/mol. The first-order chi connectivity index (χ1) is 9.33. The van der Waals surface area contributed by atoms with Gasteiger partial charge in [-0.1, -0.05) is 54.1 Å². The highest BCUT2D eigenvalue weighted by atomic mass is 15.2. The zero-order chi connectivity index (χ0) is 13.1. The number of benzene rings is 1. The van der Waals surface area contributed by atoms with Crippen LogP contribution in [0, 0.1) is 5.92 Å². The summed E-state index contributed by atoms with van der Waals surface area (Å²) in [5, 5.41) is 6.94. The molecule has 3 nitrogen and oxygen atoms in total. The molecule has 3 heteroatoms. The van der Waals surface area contributed by atoms with Crippen molar-refractivity contribution in [1.29, 1.82) is 0 Å². The molecule has 98 valence electrons. The Labute approximate surface area is 114 Å². The summed E-state index contributed by atoms with van der Waals surface area (Å²) in [6.07, 6.45) is 8.12. The summed E-state index contributed by atoms with van der Waals surface area (Å²) in [5.74, 6) is 1.47. The molecule has 0 fully saturated rings. The zero-order valence-corrected chi connectivity index (χ0v) is 11.1. The van der Waals surface area contributed by atoms with E-state index in [-0.39, 0.29) is 6.17 Å². The highest BCUT2D eigenvalue weighted by Crippen LogP contribution is 2.19. The number of hydrogen-bond donors (Lipinski definition) is 2. The Balaban J connectivity index is 1.72. The van der Waals surface area contributed by atoms with E-state index in [1.165, 1.54) is 5.57 Å². The fourth-order valence-corrected chi connectivity index (χ4v) is 2.49. The summed E-state index contributed by atoms with van der Waals surface area (Å²) in [6.45, 7) is 2.82. The maximum Gasteiger partial charge on any atom is 0.130 e. The van der Waals surface area contributed by atoms with E-state index in [2.05, 4.69) is 52.9 Å². The molecular formula is C16H19N3. The molecule has 19 heavy (non-hydrogen) atoms. The van der Waals surface area contributed by atoms with E-state index < -0.39 is 0 Å². The minimum absolute atomic E-state index is 0.258. The van der Waals surface area contributed by atoms with E-state index in [4.69, 9.17) is 0 Å². The minimum Gasteiger partial charge on any atom is -0.354 e. The van der Waals surface area contributed by atoms with E-state index >= 15 is 0 Å². The van der Waals surface area contributed by atoms with Crippen LogP contribution in [-0.4, -0.2) is 18.7 Å². The summed E-state index contributed by atoms with van der Waals surface area (Å²) in [5.41, 5.74) is 2.50. The maximum absolute atomic E-state index is 4.51. The van der Waals surface area contributed by atoms with Crippen LogP contribution in [0.5, 0.6) is 0 Å². The van der Waals surface area contributed by atoms with Gasteiger partial charge in [-0.3, -0.25) is 10.3 Å². The van der Waals surface area contributed by atoms with Crippen LogP contribution in [0.15, 0.2) is 59.1 Å². The smallest absolute Gasteiger partial charge is 0.130 e. The van der Waals surface area contributed by atoms with Crippen molar-refractivity contribution in [2.45, 2.75) is 19.5 Å². The first kappa shape index (κ1) is 12.2. The molecule has 1 aliphatic heterocycles. The largest absolute Gasteiger partial charge is 0.354 e. The van der Waals surface area contributed by atoms with Gasteiger partial charge in [0, 0.05) is 11.5 Å². The lowest BCUT2D eigenvalue weighted by Crippen LogP contribution is -2.53. The van der Waals surface area contributed by atoms with Gasteiger partial charge in [-0.25, -0.2) is 0 Å². The highest BCUT2D eigenvalue weighted by Gasteiger charge is 2.23. The second kappa shape index (κ2) is 5.41. The Morgan fingerprint density at radius 3 is 2.79 bits per heavy atom. The van der Waals surface area contributed by atoms with Crippen molar-refractivity contribution < 1.29 is 0 Å². The molecule has 0 saturated carbocycles. The fourth-order valence-electron chi connectivity index (χ4n) is 2.49. The lowest BCUT2D eigenvalue weighted by Gasteiger charge is -2.32. The minimum atomic E-state index is 0.258. The van der Waals surface area contributed by atoms with E-state index in [0.717, 1.165) is 17.8 Å². The zero-order valence-electron chi connectivity index (χ0n) is 11.1. The number of aliphatic imine (C=N–C) groups is 1. The molecule has 0 aromatic heterocycles. The number of allylic oxidation sites excluding steroid dienone is 3. The van der Waals surface area contributed by atoms with Crippen molar-refractivity contribution in [2.24, 2.45) is 10.9 Å². The van der Waals surface area contributed by atoms with E-state index in [1.807, 2.05) is 18.2 Å². The van der Waals surface area contributed by atoms with Gasteiger partial charge in [-0.2, -0.15) is 0 Å². The van der Waals surface area contributed by atoms with Crippen LogP contribution in [0.2, 0.25) is 0 Å². The average Bonchev–Trinajstić information content (AvgIpc) is 2.49. The van der Waals surface area contributed by atoms with Crippen LogP contribution in [-0.2, 0) is 0 Å². The van der Waals surface area contributed by atoms with Crippen LogP contribution >= 0.6 is 0 Å². The van der Waals surface area contributed by atoms with E-state index in [0.29, 0.717) is 12.6 Å². The van der Waals surface area contributed by atoms with Crippen LogP contribution in [0.4, 0.5) is 0 Å². The van der Waals surface area contributed by atoms with Crippen molar-refractivity contribution in [1.82, 2.24) is 10.6 Å². The molecule has 3 rings (SSSR count). The van der Waals surface area contributed by atoms with Gasteiger partial charge in [-0.05, 0) is 13.3 Å². The standard InChI is InChI=1S/C16H19N3/c1-12-7-9-14(10-8-12)16-18-11-17-15(19-16)13-5-3-2-4-6-13/h2-9,14,16,18H,10-11H2,1H3,(H,17,19). The predicted octanol–water partition coefficient (Wildman–Crippen LogP) is 2.43. The van der Waals surface area contributed by atoms with E-state index in [9.17, 15) is 0 Å². The molecule has 1 aromatic rings. The Bertz CT molecular complexity index is 528. The summed E-state index contributed by atoms with van der Waals surface area (Å²) in [7, 11) is 0. The Kier molecular flexibility index (Phi) is 3.47. The molecule has 0 spiro atoms. The molecule has 0 saturated heterocycles. The topological polar surface area (TPSA) is 36.4 Å². The van der Waals surface area contributed by atoms with Gasteiger partial charge >= 0.3 is 0 Å². The van der Waals surface area contributed by atoms with Gasteiger partial charge in [0.25, 0.3) is 0 Å². The summed E-state index contributed by atoms with van der Waals surface area (Å²) >= 11 is 0. The maximum atomic E-state index is 4.51. The average molecular weight is 253 g/mol. The lowest BCUT2D eigenvalue weighted by molar-refractivity contribution is 0.376. The fraction of sp³-hybridized carbons (Fsp3) is 0.312. The molecule has 0 bridgehead atoms. The van der Waals surface area contributed by atoms with Gasteiger partial charge < -0.3 is 5.32 Å². The third kappa shape index (κ3) is 2.76. The van der Waals surface area contributed by atoms with E-state index in [1.54, 1.807) is 0 Å². The quantitative estimate of drug-likeness (QED) is 0.849. The predicted molar refractivity (Wildman–Crippen MR) is 78.9 cm³/mol. The van der Waals surface area contributed by atoms with Gasteiger partial charge in [0.2, 0.25) is 0 Å². The molecule has 1 aromatic carbocycles. The lowest BCUT2D eigenvalue weighted by atomic mass is 9.94. The Morgan fingerprint density at radius 2 is 2.05 bits per heavy atom. The van der Waals surface area contributed by atoms with Crippen molar-refractivity contribution >= 4 is 5.84 Å². The number of nitrogens with one attached hydrogen (secondary N) is 2. The molecule has 1 heterocycles. The Morgan fingerprint density at radius 1 is 1.21 bits per heavy atom. The first-order valence-corrected chi connectivity index (χ1v) is 6.78. The van der Waals surface area contributed by atoms with Crippen molar-refractivity contribution in [3.05, 3.63) is 59.7 Å². The first-order valence-electron chi connectivity index (χ1n) is 6.78. The van der Waals surface area contributed by atoms with Gasteiger partial charge in [0.15, 0.2) is 0 Å². The second-order valence-corrected chi connectivity index (χ2v) is 5.06. The molecule has 0 radical (unpaired) electrons. The van der Waals surface area contributed by atoms with Crippen LogP contribution in [0.1, 0.15) is 18.9 Å². The van der Waals surface area contributed by atoms with Gasteiger partial charge in [0.1, 0.15) is 5.84 Å². The Hall–Kier alpha value is -1.87. The van der Waals surface area contributed by atoms with Gasteiger partial charge in [-0.15, -0.1) is 0 Å². The molecule has 0 amide bonds. The third-order valence-electron chi connectivity index (χ3n) is 3.63. The third-order valence-corrected chi connectivity index (χ3v) is 3.63. The van der Waals surface area contributed by atoms with Crippen molar-refractivity contribution in [2.75, 3.05) is 6.67 Å². The number of amidine groups is 1. The summed E-state index contributed by atoms with van der Waals surface area (Å²) in [4.78, 5) is 4.51. The van der Waals surface area contributed by atoms with Crippen LogP contribution in [0.3, 0.4) is 0 Å². The molecule has 2 aliphatic rings. The van der Waals surface area contributed by atoms with Crippen molar-refractivity contribution in [3.63, 3.8) is 0 Å². The number of hydrogen-bond acceptors (Lipinski definition) is 3. The van der Waals surface area contributed by atoms with Gasteiger partial charge in [0.05, 0.1) is 12.8 Å². The molecule has 2 atom stereocenters.